The van der Waals surface area contributed by atoms with E-state index in [9.17, 15) is 4.79 Å². The van der Waals surface area contributed by atoms with Crippen LogP contribution in [0.2, 0.25) is 0 Å². The highest BCUT2D eigenvalue weighted by molar-refractivity contribution is 7.99. The molecule has 2 aromatic carbocycles. The standard InChI is InChI=1S/C26H30N4O3S/c1-3-11-30-25(20-7-4-6-18(2)15-20)27-28-26(30)34-17-24(31)29-12-5-8-21(29)19-9-10-22-23(16-19)33-14-13-32-22/h4,6-7,9-10,15-16,21H,3,5,8,11-14,17H2,1-2H3. The Labute approximate surface area is 204 Å². The summed E-state index contributed by atoms with van der Waals surface area (Å²) in [5.74, 6) is 2.88. The maximum atomic E-state index is 13.3. The van der Waals surface area contributed by atoms with E-state index in [-0.39, 0.29) is 11.9 Å². The number of nitrogens with zero attached hydrogens (tertiary/aromatic N) is 4. The first kappa shape index (κ1) is 22.8. The number of ether oxygens (including phenoxy) is 2. The highest BCUT2D eigenvalue weighted by Gasteiger charge is 2.31. The molecule has 2 aliphatic heterocycles. The minimum Gasteiger partial charge on any atom is -0.486 e. The second-order valence-corrected chi connectivity index (χ2v) is 9.71. The summed E-state index contributed by atoms with van der Waals surface area (Å²) in [6.45, 7) is 6.94. The molecule has 5 rings (SSSR count). The van der Waals surface area contributed by atoms with Gasteiger partial charge in [0.1, 0.15) is 13.2 Å². The highest BCUT2D eigenvalue weighted by atomic mass is 32.2. The quantitative estimate of drug-likeness (QED) is 0.451. The van der Waals surface area contributed by atoms with Crippen LogP contribution in [0.1, 0.15) is 43.4 Å². The number of hydrogen-bond acceptors (Lipinski definition) is 6. The number of thioether (sulfide) groups is 1. The topological polar surface area (TPSA) is 69.5 Å². The summed E-state index contributed by atoms with van der Waals surface area (Å²) in [7, 11) is 0. The Bertz CT molecular complexity index is 1180. The van der Waals surface area contributed by atoms with Crippen molar-refractivity contribution in [3.8, 4) is 22.9 Å². The third-order valence-corrected chi connectivity index (χ3v) is 7.24. The molecule has 3 aromatic rings. The van der Waals surface area contributed by atoms with Gasteiger partial charge in [0.25, 0.3) is 0 Å². The zero-order valence-electron chi connectivity index (χ0n) is 19.7. The summed E-state index contributed by atoms with van der Waals surface area (Å²) in [4.78, 5) is 15.3. The number of rotatable bonds is 7. The third-order valence-electron chi connectivity index (χ3n) is 6.29. The molecule has 1 aromatic heterocycles. The number of aryl methyl sites for hydroxylation is 1. The van der Waals surface area contributed by atoms with Crippen molar-refractivity contribution in [2.45, 2.75) is 50.9 Å². The lowest BCUT2D eigenvalue weighted by Crippen LogP contribution is -2.32. The van der Waals surface area contributed by atoms with Crippen LogP contribution in [0.4, 0.5) is 0 Å². The molecule has 1 unspecified atom stereocenters. The van der Waals surface area contributed by atoms with Crippen molar-refractivity contribution in [1.82, 2.24) is 19.7 Å². The van der Waals surface area contributed by atoms with Crippen LogP contribution in [0.5, 0.6) is 11.5 Å². The molecule has 0 N–H and O–H groups in total. The van der Waals surface area contributed by atoms with Crippen molar-refractivity contribution in [2.75, 3.05) is 25.5 Å². The first-order valence-electron chi connectivity index (χ1n) is 12.0. The summed E-state index contributed by atoms with van der Waals surface area (Å²) in [5.41, 5.74) is 3.35. The Hall–Kier alpha value is -3.00. The van der Waals surface area contributed by atoms with E-state index in [0.717, 1.165) is 66.0 Å². The minimum atomic E-state index is 0.0697. The molecule has 0 bridgehead atoms. The number of likely N-dealkylation sites (tertiary alicyclic amines) is 1. The van der Waals surface area contributed by atoms with E-state index in [2.05, 4.69) is 52.9 Å². The summed E-state index contributed by atoms with van der Waals surface area (Å²) in [6, 6.07) is 14.4. The van der Waals surface area contributed by atoms with Crippen molar-refractivity contribution >= 4 is 17.7 Å². The zero-order valence-corrected chi connectivity index (χ0v) is 20.5. The van der Waals surface area contributed by atoms with Crippen LogP contribution >= 0.6 is 11.8 Å². The lowest BCUT2D eigenvalue weighted by atomic mass is 10.0. The largest absolute Gasteiger partial charge is 0.486 e. The fourth-order valence-electron chi connectivity index (χ4n) is 4.71. The van der Waals surface area contributed by atoms with Gasteiger partial charge in [-0.1, -0.05) is 48.5 Å². The normalized spacial score (nSPS) is 17.2. The number of carbonyl (C=O) groups is 1. The van der Waals surface area contributed by atoms with E-state index in [1.165, 1.54) is 17.3 Å². The van der Waals surface area contributed by atoms with Crippen molar-refractivity contribution in [3.63, 3.8) is 0 Å². The van der Waals surface area contributed by atoms with Gasteiger partial charge in [-0.2, -0.15) is 0 Å². The van der Waals surface area contributed by atoms with Crippen LogP contribution in [0.25, 0.3) is 11.4 Å². The molecule has 3 heterocycles. The molecule has 0 spiro atoms. The van der Waals surface area contributed by atoms with Crippen LogP contribution in [0.3, 0.4) is 0 Å². The average Bonchev–Trinajstić information content (AvgIpc) is 3.50. The number of carbonyl (C=O) groups excluding carboxylic acids is 1. The van der Waals surface area contributed by atoms with Gasteiger partial charge < -0.3 is 18.9 Å². The Morgan fingerprint density at radius 3 is 2.79 bits per heavy atom. The first-order valence-corrected chi connectivity index (χ1v) is 12.9. The molecule has 8 heteroatoms. The second kappa shape index (κ2) is 10.1. The summed E-state index contributed by atoms with van der Waals surface area (Å²) >= 11 is 1.48. The van der Waals surface area contributed by atoms with Crippen LogP contribution < -0.4 is 9.47 Å². The van der Waals surface area contributed by atoms with E-state index in [0.29, 0.717) is 19.0 Å². The number of benzene rings is 2. The highest BCUT2D eigenvalue weighted by Crippen LogP contribution is 2.38. The van der Waals surface area contributed by atoms with Crippen LogP contribution in [0.15, 0.2) is 47.6 Å². The second-order valence-electron chi connectivity index (χ2n) is 8.76. The fraction of sp³-hybridized carbons (Fsp3) is 0.423. The van der Waals surface area contributed by atoms with Crippen molar-refractivity contribution < 1.29 is 14.3 Å². The Morgan fingerprint density at radius 1 is 1.12 bits per heavy atom. The molecule has 2 aliphatic rings. The monoisotopic (exact) mass is 478 g/mol. The summed E-state index contributed by atoms with van der Waals surface area (Å²) < 4.78 is 13.5. The van der Waals surface area contributed by atoms with Gasteiger partial charge in [0.05, 0.1) is 11.8 Å². The van der Waals surface area contributed by atoms with E-state index >= 15 is 0 Å². The Balaban J connectivity index is 1.30. The van der Waals surface area contributed by atoms with Crippen molar-refractivity contribution in [2.24, 2.45) is 0 Å². The van der Waals surface area contributed by atoms with Gasteiger partial charge in [0.2, 0.25) is 5.91 Å². The number of amides is 1. The number of fused-ring (bicyclic) bond motifs is 1. The Kier molecular flexibility index (Phi) is 6.76. The predicted octanol–water partition coefficient (Wildman–Crippen LogP) is 4.89. The lowest BCUT2D eigenvalue weighted by Gasteiger charge is -2.26. The van der Waals surface area contributed by atoms with Gasteiger partial charge in [0.15, 0.2) is 22.5 Å². The van der Waals surface area contributed by atoms with Gasteiger partial charge in [-0.05, 0) is 49.9 Å². The molecule has 7 nitrogen and oxygen atoms in total. The van der Waals surface area contributed by atoms with E-state index in [1.807, 2.05) is 23.1 Å². The third kappa shape index (κ3) is 4.64. The maximum absolute atomic E-state index is 13.3. The molecule has 0 saturated carbocycles. The molecular formula is C26H30N4O3S. The average molecular weight is 479 g/mol. The predicted molar refractivity (Wildman–Crippen MR) is 132 cm³/mol. The fourth-order valence-corrected chi connectivity index (χ4v) is 5.56. The first-order chi connectivity index (χ1) is 16.6. The van der Waals surface area contributed by atoms with Gasteiger partial charge in [-0.25, -0.2) is 0 Å². The molecule has 1 saturated heterocycles. The smallest absolute Gasteiger partial charge is 0.233 e. The SMILES string of the molecule is CCCn1c(SCC(=O)N2CCCC2c2ccc3c(c2)OCCO3)nnc1-c1cccc(C)c1. The van der Waals surface area contributed by atoms with E-state index in [1.54, 1.807) is 0 Å². The lowest BCUT2D eigenvalue weighted by molar-refractivity contribution is -0.129. The molecule has 1 fully saturated rings. The number of aromatic nitrogens is 3. The minimum absolute atomic E-state index is 0.0697. The molecule has 1 atom stereocenters. The maximum Gasteiger partial charge on any atom is 0.233 e. The molecule has 0 radical (unpaired) electrons. The van der Waals surface area contributed by atoms with Gasteiger partial charge in [-0.3, -0.25) is 4.79 Å². The van der Waals surface area contributed by atoms with Crippen LogP contribution in [-0.2, 0) is 11.3 Å². The summed E-state index contributed by atoms with van der Waals surface area (Å²) in [6.07, 6.45) is 2.93. The van der Waals surface area contributed by atoms with Gasteiger partial charge >= 0.3 is 0 Å². The van der Waals surface area contributed by atoms with Crippen molar-refractivity contribution in [3.05, 3.63) is 53.6 Å². The van der Waals surface area contributed by atoms with Crippen molar-refractivity contribution in [1.29, 1.82) is 0 Å². The Morgan fingerprint density at radius 2 is 1.97 bits per heavy atom. The molecular weight excluding hydrogens is 448 g/mol. The molecule has 178 valence electrons. The molecule has 0 aliphatic carbocycles. The van der Waals surface area contributed by atoms with E-state index in [4.69, 9.17) is 9.47 Å². The van der Waals surface area contributed by atoms with E-state index < -0.39 is 0 Å². The van der Waals surface area contributed by atoms with Crippen LogP contribution in [-0.4, -0.2) is 51.1 Å². The van der Waals surface area contributed by atoms with Crippen LogP contribution in [0, 0.1) is 6.92 Å². The molecule has 1 amide bonds. The molecule has 34 heavy (non-hydrogen) atoms. The zero-order chi connectivity index (χ0) is 23.5. The van der Waals surface area contributed by atoms with Gasteiger partial charge in [-0.15, -0.1) is 10.2 Å². The summed E-state index contributed by atoms with van der Waals surface area (Å²) in [5, 5.41) is 9.70. The number of hydrogen-bond donors (Lipinski definition) is 0. The van der Waals surface area contributed by atoms with Gasteiger partial charge in [0, 0.05) is 18.7 Å².